The van der Waals surface area contributed by atoms with Crippen molar-refractivity contribution in [1.29, 1.82) is 0 Å². The number of aromatic nitrogens is 2. The lowest BCUT2D eigenvalue weighted by Crippen LogP contribution is -2.01. The van der Waals surface area contributed by atoms with Crippen LogP contribution in [0.3, 0.4) is 0 Å². The fourth-order valence-corrected chi connectivity index (χ4v) is 2.52. The van der Waals surface area contributed by atoms with Gasteiger partial charge in [-0.05, 0) is 30.5 Å². The molecule has 0 spiro atoms. The summed E-state index contributed by atoms with van der Waals surface area (Å²) in [5, 5.41) is 5.56. The van der Waals surface area contributed by atoms with Gasteiger partial charge in [0.1, 0.15) is 0 Å². The van der Waals surface area contributed by atoms with E-state index >= 15 is 0 Å². The Morgan fingerprint density at radius 1 is 1.18 bits per heavy atom. The molecule has 0 atom stereocenters. The van der Waals surface area contributed by atoms with Gasteiger partial charge in [0.15, 0.2) is 0 Å². The molecule has 0 N–H and O–H groups in total. The molecule has 0 radical (unpaired) electrons. The van der Waals surface area contributed by atoms with Crippen LogP contribution < -0.4 is 0 Å². The molecule has 1 heterocycles. The van der Waals surface area contributed by atoms with Crippen molar-refractivity contribution in [3.05, 3.63) is 65.9 Å². The molecule has 0 bridgehead atoms. The maximum absolute atomic E-state index is 11.5. The molecule has 0 aliphatic heterocycles. The van der Waals surface area contributed by atoms with Crippen molar-refractivity contribution in [2.75, 3.05) is 7.11 Å². The molecule has 0 fully saturated rings. The molecule has 0 unspecified atom stereocenters. The van der Waals surface area contributed by atoms with Gasteiger partial charge in [-0.1, -0.05) is 36.4 Å². The molecule has 1 aromatic heterocycles. The second kappa shape index (κ2) is 6.43. The highest BCUT2D eigenvalue weighted by molar-refractivity contribution is 5.94. The largest absolute Gasteiger partial charge is 0.465 e. The van der Waals surface area contributed by atoms with E-state index < -0.39 is 0 Å². The number of hydrogen-bond acceptors (Lipinski definition) is 3. The van der Waals surface area contributed by atoms with Crippen molar-refractivity contribution in [1.82, 2.24) is 9.78 Å². The molecule has 0 saturated heterocycles. The van der Waals surface area contributed by atoms with E-state index in [0.717, 1.165) is 30.3 Å². The summed E-state index contributed by atoms with van der Waals surface area (Å²) in [5.41, 5.74) is 2.69. The summed E-state index contributed by atoms with van der Waals surface area (Å²) < 4.78 is 6.67. The van der Waals surface area contributed by atoms with E-state index in [9.17, 15) is 4.79 Å². The van der Waals surface area contributed by atoms with Crippen molar-refractivity contribution in [3.8, 4) is 0 Å². The molecule has 0 aliphatic carbocycles. The van der Waals surface area contributed by atoms with Crippen LogP contribution >= 0.6 is 0 Å². The third-order valence-corrected chi connectivity index (χ3v) is 3.67. The molecule has 0 aliphatic rings. The first-order chi connectivity index (χ1) is 10.8. The molecule has 3 rings (SSSR count). The number of aryl methyl sites for hydroxylation is 2. The maximum atomic E-state index is 11.5. The summed E-state index contributed by atoms with van der Waals surface area (Å²) >= 11 is 0. The summed E-state index contributed by atoms with van der Waals surface area (Å²) in [6.07, 6.45) is 4.08. The lowest BCUT2D eigenvalue weighted by Gasteiger charge is -2.01. The molecule has 0 amide bonds. The number of fused-ring (bicyclic) bond motifs is 1. The van der Waals surface area contributed by atoms with Gasteiger partial charge < -0.3 is 4.74 Å². The first kappa shape index (κ1) is 14.3. The number of esters is 1. The minimum Gasteiger partial charge on any atom is -0.465 e. The van der Waals surface area contributed by atoms with E-state index in [1.54, 1.807) is 12.1 Å². The normalized spacial score (nSPS) is 10.8. The number of methoxy groups -OCH3 is 1. The topological polar surface area (TPSA) is 44.1 Å². The van der Waals surface area contributed by atoms with Gasteiger partial charge in [-0.25, -0.2) is 4.79 Å². The highest BCUT2D eigenvalue weighted by atomic mass is 16.5. The van der Waals surface area contributed by atoms with E-state index in [0.29, 0.717) is 5.56 Å². The lowest BCUT2D eigenvalue weighted by molar-refractivity contribution is 0.0601. The molecule has 3 aromatic rings. The number of carbonyl (C=O) groups is 1. The number of ether oxygens (including phenoxy) is 1. The van der Waals surface area contributed by atoms with Crippen molar-refractivity contribution in [2.45, 2.75) is 19.4 Å². The highest BCUT2D eigenvalue weighted by Gasteiger charge is 2.08. The van der Waals surface area contributed by atoms with Gasteiger partial charge >= 0.3 is 5.97 Å². The van der Waals surface area contributed by atoms with Crippen LogP contribution in [-0.4, -0.2) is 22.9 Å². The molecule has 22 heavy (non-hydrogen) atoms. The minimum absolute atomic E-state index is 0.333. The Morgan fingerprint density at radius 3 is 2.77 bits per heavy atom. The van der Waals surface area contributed by atoms with E-state index in [1.165, 1.54) is 12.7 Å². The Balaban J connectivity index is 1.68. The molecular weight excluding hydrogens is 276 g/mol. The molecule has 112 valence electrons. The standard InChI is InChI=1S/C18H18N2O2/c1-22-18(21)15-9-10-16-13-20(19-17(16)12-15)11-5-8-14-6-3-2-4-7-14/h2-4,6-7,9-10,12-13H,5,8,11H2,1H3. The third kappa shape index (κ3) is 3.17. The van der Waals surface area contributed by atoms with Crippen molar-refractivity contribution < 1.29 is 9.53 Å². The predicted molar refractivity (Wildman–Crippen MR) is 85.8 cm³/mol. The van der Waals surface area contributed by atoms with Crippen LogP contribution in [0.25, 0.3) is 10.9 Å². The monoisotopic (exact) mass is 294 g/mol. The third-order valence-electron chi connectivity index (χ3n) is 3.67. The first-order valence-electron chi connectivity index (χ1n) is 7.36. The summed E-state index contributed by atoms with van der Waals surface area (Å²) in [4.78, 5) is 11.5. The van der Waals surface area contributed by atoms with E-state index in [-0.39, 0.29) is 5.97 Å². The average molecular weight is 294 g/mol. The number of hydrogen-bond donors (Lipinski definition) is 0. The van der Waals surface area contributed by atoms with Gasteiger partial charge in [0.05, 0.1) is 18.2 Å². The second-order valence-electron chi connectivity index (χ2n) is 5.25. The zero-order valence-electron chi connectivity index (χ0n) is 12.5. The van der Waals surface area contributed by atoms with Crippen molar-refractivity contribution in [3.63, 3.8) is 0 Å². The summed E-state index contributed by atoms with van der Waals surface area (Å²) in [5.74, 6) is -0.333. The van der Waals surface area contributed by atoms with Gasteiger partial charge in [-0.3, -0.25) is 4.68 Å². The van der Waals surface area contributed by atoms with Crippen LogP contribution in [0.15, 0.2) is 54.7 Å². The summed E-state index contributed by atoms with van der Waals surface area (Å²) in [6.45, 7) is 0.858. The first-order valence-corrected chi connectivity index (χ1v) is 7.36. The Kier molecular flexibility index (Phi) is 4.19. The number of nitrogens with zero attached hydrogens (tertiary/aromatic N) is 2. The van der Waals surface area contributed by atoms with Crippen LogP contribution in [0, 0.1) is 0 Å². The zero-order valence-corrected chi connectivity index (χ0v) is 12.5. The van der Waals surface area contributed by atoms with Crippen molar-refractivity contribution >= 4 is 16.9 Å². The van der Waals surface area contributed by atoms with Gasteiger partial charge in [-0.15, -0.1) is 0 Å². The summed E-state index contributed by atoms with van der Waals surface area (Å²) in [6, 6.07) is 15.9. The fraction of sp³-hybridized carbons (Fsp3) is 0.222. The number of rotatable bonds is 5. The number of benzene rings is 2. The van der Waals surface area contributed by atoms with Crippen LogP contribution in [0.2, 0.25) is 0 Å². The Labute approximate surface area is 129 Å². The fourth-order valence-electron chi connectivity index (χ4n) is 2.52. The van der Waals surface area contributed by atoms with Gasteiger partial charge in [0.2, 0.25) is 0 Å². The van der Waals surface area contributed by atoms with E-state index in [1.807, 2.05) is 23.0 Å². The maximum Gasteiger partial charge on any atom is 0.337 e. The molecule has 4 nitrogen and oxygen atoms in total. The van der Waals surface area contributed by atoms with E-state index in [2.05, 4.69) is 29.4 Å². The second-order valence-corrected chi connectivity index (χ2v) is 5.25. The lowest BCUT2D eigenvalue weighted by atomic mass is 10.1. The highest BCUT2D eigenvalue weighted by Crippen LogP contribution is 2.15. The SMILES string of the molecule is COC(=O)c1ccc2cn(CCCc3ccccc3)nc2c1. The smallest absolute Gasteiger partial charge is 0.337 e. The summed E-state index contributed by atoms with van der Waals surface area (Å²) in [7, 11) is 1.38. The van der Waals surface area contributed by atoms with E-state index in [4.69, 9.17) is 4.74 Å². The van der Waals surface area contributed by atoms with Crippen molar-refractivity contribution in [2.24, 2.45) is 0 Å². The minimum atomic E-state index is -0.333. The Hall–Kier alpha value is -2.62. The van der Waals surface area contributed by atoms with Gasteiger partial charge in [0, 0.05) is 18.1 Å². The Morgan fingerprint density at radius 2 is 2.00 bits per heavy atom. The zero-order chi connectivity index (χ0) is 15.4. The molecule has 0 saturated carbocycles. The quantitative estimate of drug-likeness (QED) is 0.677. The van der Waals surface area contributed by atoms with Crippen LogP contribution in [0.5, 0.6) is 0 Å². The van der Waals surface area contributed by atoms with Crippen LogP contribution in [0.4, 0.5) is 0 Å². The predicted octanol–water partition coefficient (Wildman–Crippen LogP) is 3.46. The molecule has 2 aromatic carbocycles. The molecular formula is C18H18N2O2. The van der Waals surface area contributed by atoms with Gasteiger partial charge in [0.25, 0.3) is 0 Å². The molecule has 4 heteroatoms. The number of carbonyl (C=O) groups excluding carboxylic acids is 1. The van der Waals surface area contributed by atoms with Crippen LogP contribution in [0.1, 0.15) is 22.3 Å². The Bertz CT molecular complexity index is 778. The van der Waals surface area contributed by atoms with Crippen LogP contribution in [-0.2, 0) is 17.7 Å². The average Bonchev–Trinajstić information content (AvgIpc) is 2.97. The van der Waals surface area contributed by atoms with Gasteiger partial charge in [-0.2, -0.15) is 5.10 Å².